The van der Waals surface area contributed by atoms with Gasteiger partial charge in [0.15, 0.2) is 0 Å². The molecule has 2 rings (SSSR count). The third-order valence-electron chi connectivity index (χ3n) is 2.96. The normalized spacial score (nSPS) is 11.0. The molecule has 96 valence electrons. The number of aldehydes is 1. The minimum absolute atomic E-state index is 0.524. The average molecular weight is 254 g/mol. The second-order valence-corrected chi connectivity index (χ2v) is 4.91. The topological polar surface area (TPSA) is 71.6 Å². The first-order valence-corrected chi connectivity index (χ1v) is 5.88. The first-order valence-electron chi connectivity index (χ1n) is 5.88. The number of nitriles is 1. The molecule has 0 N–H and O–H groups in total. The van der Waals surface area contributed by atoms with Crippen LogP contribution >= 0.6 is 0 Å². The lowest BCUT2D eigenvalue weighted by atomic mass is 9.84. The Morgan fingerprint density at radius 3 is 2.79 bits per heavy atom. The second kappa shape index (κ2) is 5.02. The second-order valence-electron chi connectivity index (χ2n) is 4.91. The number of benzene rings is 1. The lowest BCUT2D eigenvalue weighted by molar-refractivity contribution is 0.112. The van der Waals surface area contributed by atoms with Gasteiger partial charge in [0.1, 0.15) is 18.9 Å². The number of rotatable bonds is 4. The van der Waals surface area contributed by atoms with E-state index >= 15 is 0 Å². The summed E-state index contributed by atoms with van der Waals surface area (Å²) in [4.78, 5) is 14.9. The van der Waals surface area contributed by atoms with Crippen LogP contribution < -0.4 is 0 Å². The summed E-state index contributed by atoms with van der Waals surface area (Å²) in [6.07, 6.45) is 3.87. The summed E-state index contributed by atoms with van der Waals surface area (Å²) >= 11 is 0. The van der Waals surface area contributed by atoms with Gasteiger partial charge in [0.05, 0.1) is 18.0 Å². The van der Waals surface area contributed by atoms with Crippen LogP contribution in [0.3, 0.4) is 0 Å². The zero-order valence-corrected chi connectivity index (χ0v) is 10.9. The van der Waals surface area contributed by atoms with Crippen LogP contribution in [0.5, 0.6) is 0 Å². The SMILES string of the molecule is CC(C)(C#N)c1cc(C=O)cc(Cn2cncn2)c1. The first-order chi connectivity index (χ1) is 9.05. The van der Waals surface area contributed by atoms with Crippen molar-refractivity contribution in [3.63, 3.8) is 0 Å². The van der Waals surface area contributed by atoms with Gasteiger partial charge >= 0.3 is 0 Å². The van der Waals surface area contributed by atoms with Crippen LogP contribution in [-0.4, -0.2) is 21.1 Å². The fourth-order valence-corrected chi connectivity index (χ4v) is 1.80. The fourth-order valence-electron chi connectivity index (χ4n) is 1.80. The molecule has 2 aromatic rings. The van der Waals surface area contributed by atoms with Crippen LogP contribution in [0, 0.1) is 11.3 Å². The van der Waals surface area contributed by atoms with Crippen molar-refractivity contribution in [2.45, 2.75) is 25.8 Å². The fraction of sp³-hybridized carbons (Fsp3) is 0.286. The summed E-state index contributed by atoms with van der Waals surface area (Å²) < 4.78 is 1.67. The van der Waals surface area contributed by atoms with Crippen LogP contribution in [0.4, 0.5) is 0 Å². The molecule has 0 unspecified atom stereocenters. The quantitative estimate of drug-likeness (QED) is 0.782. The highest BCUT2D eigenvalue weighted by atomic mass is 16.1. The molecule has 0 saturated heterocycles. The van der Waals surface area contributed by atoms with Crippen LogP contribution in [0.15, 0.2) is 30.9 Å². The van der Waals surface area contributed by atoms with E-state index in [1.165, 1.54) is 6.33 Å². The molecule has 19 heavy (non-hydrogen) atoms. The van der Waals surface area contributed by atoms with Crippen molar-refractivity contribution in [2.24, 2.45) is 0 Å². The minimum atomic E-state index is -0.629. The van der Waals surface area contributed by atoms with Gasteiger partial charge in [-0.05, 0) is 37.1 Å². The Balaban J connectivity index is 2.42. The predicted molar refractivity (Wildman–Crippen MR) is 69.6 cm³/mol. The van der Waals surface area contributed by atoms with Gasteiger partial charge in [-0.15, -0.1) is 0 Å². The number of carbonyl (C=O) groups is 1. The number of carbonyl (C=O) groups excluding carboxylic acids is 1. The molecule has 0 fully saturated rings. The summed E-state index contributed by atoms with van der Waals surface area (Å²) in [5, 5.41) is 13.2. The van der Waals surface area contributed by atoms with Crippen LogP contribution in [0.1, 0.15) is 35.3 Å². The summed E-state index contributed by atoms with van der Waals surface area (Å²) in [5.41, 5.74) is 1.69. The summed E-state index contributed by atoms with van der Waals surface area (Å²) in [7, 11) is 0. The maximum Gasteiger partial charge on any atom is 0.150 e. The molecule has 1 aromatic heterocycles. The molecule has 0 atom stereocenters. The zero-order chi connectivity index (χ0) is 13.9. The van der Waals surface area contributed by atoms with Crippen LogP contribution in [0.2, 0.25) is 0 Å². The molecule has 0 amide bonds. The van der Waals surface area contributed by atoms with Gasteiger partial charge in [-0.25, -0.2) is 9.67 Å². The van der Waals surface area contributed by atoms with Gasteiger partial charge < -0.3 is 0 Å². The molecule has 0 radical (unpaired) electrons. The van der Waals surface area contributed by atoms with Gasteiger partial charge in [-0.3, -0.25) is 4.79 Å². The van der Waals surface area contributed by atoms with Crippen molar-refractivity contribution in [1.29, 1.82) is 5.26 Å². The number of nitrogens with zero attached hydrogens (tertiary/aromatic N) is 4. The van der Waals surface area contributed by atoms with Crippen LogP contribution in [-0.2, 0) is 12.0 Å². The summed E-state index contributed by atoms with van der Waals surface area (Å²) in [5.74, 6) is 0. The van der Waals surface area contributed by atoms with Crippen molar-refractivity contribution in [2.75, 3.05) is 0 Å². The molecular weight excluding hydrogens is 240 g/mol. The van der Waals surface area contributed by atoms with Gasteiger partial charge in [-0.1, -0.05) is 6.07 Å². The Morgan fingerprint density at radius 1 is 1.42 bits per heavy atom. The Hall–Kier alpha value is -2.48. The Bertz CT molecular complexity index is 623. The zero-order valence-electron chi connectivity index (χ0n) is 10.9. The predicted octanol–water partition coefficient (Wildman–Crippen LogP) is 1.94. The molecule has 5 heteroatoms. The number of hydrogen-bond acceptors (Lipinski definition) is 4. The Morgan fingerprint density at radius 2 is 2.21 bits per heavy atom. The third-order valence-corrected chi connectivity index (χ3v) is 2.96. The molecule has 0 spiro atoms. The lowest BCUT2D eigenvalue weighted by Gasteiger charge is -2.17. The van der Waals surface area contributed by atoms with Crippen molar-refractivity contribution in [3.8, 4) is 6.07 Å². The monoisotopic (exact) mass is 254 g/mol. The van der Waals surface area contributed by atoms with E-state index in [1.54, 1.807) is 23.1 Å². The van der Waals surface area contributed by atoms with Gasteiger partial charge in [-0.2, -0.15) is 10.4 Å². The van der Waals surface area contributed by atoms with Crippen LogP contribution in [0.25, 0.3) is 0 Å². The van der Waals surface area contributed by atoms with Gasteiger partial charge in [0.25, 0.3) is 0 Å². The van der Waals surface area contributed by atoms with Gasteiger partial charge in [0, 0.05) is 5.56 Å². The average Bonchev–Trinajstić information content (AvgIpc) is 2.91. The molecule has 0 aliphatic carbocycles. The van der Waals surface area contributed by atoms with Crippen molar-refractivity contribution < 1.29 is 4.79 Å². The number of hydrogen-bond donors (Lipinski definition) is 0. The van der Waals surface area contributed by atoms with E-state index in [1.807, 2.05) is 19.9 Å². The van der Waals surface area contributed by atoms with Crippen molar-refractivity contribution >= 4 is 6.29 Å². The van der Waals surface area contributed by atoms with E-state index in [4.69, 9.17) is 0 Å². The van der Waals surface area contributed by atoms with Gasteiger partial charge in [0.2, 0.25) is 0 Å². The van der Waals surface area contributed by atoms with E-state index in [-0.39, 0.29) is 0 Å². The molecule has 0 aliphatic rings. The molecule has 0 saturated carbocycles. The third kappa shape index (κ3) is 2.86. The molecule has 1 aromatic carbocycles. The Labute approximate surface area is 111 Å². The molecule has 0 bridgehead atoms. The maximum atomic E-state index is 11.0. The smallest absolute Gasteiger partial charge is 0.150 e. The highest BCUT2D eigenvalue weighted by Gasteiger charge is 2.20. The van der Waals surface area contributed by atoms with Crippen molar-refractivity contribution in [1.82, 2.24) is 14.8 Å². The summed E-state index contributed by atoms with van der Waals surface area (Å²) in [6, 6.07) is 7.72. The van der Waals surface area contributed by atoms with E-state index < -0.39 is 5.41 Å². The maximum absolute atomic E-state index is 11.0. The van der Waals surface area contributed by atoms with E-state index in [2.05, 4.69) is 16.2 Å². The van der Waals surface area contributed by atoms with Crippen molar-refractivity contribution in [3.05, 3.63) is 47.5 Å². The van der Waals surface area contributed by atoms with E-state index in [9.17, 15) is 10.1 Å². The standard InChI is InChI=1S/C14H14N4O/c1-14(2,8-15)13-4-11(3-12(5-13)7-19)6-18-10-16-9-17-18/h3-5,7,9-10H,6H2,1-2H3. The molecule has 1 heterocycles. The number of aromatic nitrogens is 3. The largest absolute Gasteiger partial charge is 0.298 e. The highest BCUT2D eigenvalue weighted by Crippen LogP contribution is 2.24. The molecule has 0 aliphatic heterocycles. The lowest BCUT2D eigenvalue weighted by Crippen LogP contribution is -2.15. The summed E-state index contributed by atoms with van der Waals surface area (Å²) in [6.45, 7) is 4.18. The molecule has 5 nitrogen and oxygen atoms in total. The first kappa shape index (κ1) is 13.0. The Kier molecular flexibility index (Phi) is 3.43. The highest BCUT2D eigenvalue weighted by molar-refractivity contribution is 5.75. The van der Waals surface area contributed by atoms with E-state index in [0.717, 1.165) is 17.4 Å². The molecular formula is C14H14N4O. The van der Waals surface area contributed by atoms with E-state index in [0.29, 0.717) is 12.1 Å². The minimum Gasteiger partial charge on any atom is -0.298 e.